The van der Waals surface area contributed by atoms with E-state index in [4.69, 9.17) is 4.43 Å². The van der Waals surface area contributed by atoms with Gasteiger partial charge in [0.15, 0.2) is 0 Å². The van der Waals surface area contributed by atoms with E-state index in [1.807, 2.05) is 0 Å². The standard InChI is InChI=1S/C22H45OSi/c1-2-3-4-5-6-7-8-9-10-11-12-13-14-15-16-18-21-24-22-19-17-20-23-24/h2-22H2,1H3. The molecule has 0 spiro atoms. The zero-order valence-corrected chi connectivity index (χ0v) is 17.8. The molecule has 0 amide bonds. The highest BCUT2D eigenvalue weighted by Crippen LogP contribution is 2.18. The van der Waals surface area contributed by atoms with Gasteiger partial charge in [-0.3, -0.25) is 0 Å². The van der Waals surface area contributed by atoms with Gasteiger partial charge in [-0.1, -0.05) is 116 Å². The minimum atomic E-state index is -0.367. The molecule has 0 aromatic rings. The summed E-state index contributed by atoms with van der Waals surface area (Å²) in [5.41, 5.74) is 0. The van der Waals surface area contributed by atoms with E-state index in [2.05, 4.69) is 6.92 Å². The van der Waals surface area contributed by atoms with Crippen molar-refractivity contribution < 1.29 is 4.43 Å². The number of hydrogen-bond donors (Lipinski definition) is 0. The predicted octanol–water partition coefficient (Wildman–Crippen LogP) is 8.05. The predicted molar refractivity (Wildman–Crippen MR) is 110 cm³/mol. The second-order valence-electron chi connectivity index (χ2n) is 7.90. The topological polar surface area (TPSA) is 9.23 Å². The molecule has 1 heterocycles. The lowest BCUT2D eigenvalue weighted by Gasteiger charge is -2.19. The zero-order chi connectivity index (χ0) is 17.1. The summed E-state index contributed by atoms with van der Waals surface area (Å²) in [7, 11) is -0.367. The highest BCUT2D eigenvalue weighted by molar-refractivity contribution is 6.51. The lowest BCUT2D eigenvalue weighted by atomic mass is 10.0. The maximum atomic E-state index is 5.90. The van der Waals surface area contributed by atoms with E-state index in [-0.39, 0.29) is 9.04 Å². The van der Waals surface area contributed by atoms with Crippen molar-refractivity contribution in [2.24, 2.45) is 0 Å². The monoisotopic (exact) mass is 353 g/mol. The summed E-state index contributed by atoms with van der Waals surface area (Å²) >= 11 is 0. The molecule has 0 aromatic heterocycles. The first kappa shape index (κ1) is 22.2. The molecule has 1 rings (SSSR count). The molecular formula is C22H45OSi. The van der Waals surface area contributed by atoms with E-state index in [9.17, 15) is 0 Å². The molecule has 0 aromatic carbocycles. The second kappa shape index (κ2) is 18.0. The first-order chi connectivity index (χ1) is 11.9. The number of hydrogen-bond acceptors (Lipinski definition) is 1. The molecule has 1 fully saturated rings. The Labute approximate surface area is 155 Å². The first-order valence-electron chi connectivity index (χ1n) is 11.4. The third-order valence-electron chi connectivity index (χ3n) is 5.47. The molecule has 0 bridgehead atoms. The van der Waals surface area contributed by atoms with E-state index in [0.717, 1.165) is 6.61 Å². The molecule has 0 atom stereocenters. The van der Waals surface area contributed by atoms with Crippen molar-refractivity contribution in [2.75, 3.05) is 6.61 Å². The van der Waals surface area contributed by atoms with Crippen LogP contribution < -0.4 is 0 Å². The Morgan fingerprint density at radius 3 is 1.46 bits per heavy atom. The van der Waals surface area contributed by atoms with Crippen LogP contribution in [0.25, 0.3) is 0 Å². The van der Waals surface area contributed by atoms with E-state index >= 15 is 0 Å². The van der Waals surface area contributed by atoms with Crippen LogP contribution in [0, 0.1) is 0 Å². The fourth-order valence-corrected chi connectivity index (χ4v) is 6.04. The molecule has 24 heavy (non-hydrogen) atoms. The average Bonchev–Trinajstić information content (AvgIpc) is 2.62. The summed E-state index contributed by atoms with van der Waals surface area (Å²) in [6.07, 6.45) is 26.2. The Bertz CT molecular complexity index is 238. The molecule has 1 aliphatic heterocycles. The highest BCUT2D eigenvalue weighted by Gasteiger charge is 2.16. The van der Waals surface area contributed by atoms with Gasteiger partial charge < -0.3 is 4.43 Å². The number of rotatable bonds is 17. The van der Waals surface area contributed by atoms with Crippen LogP contribution in [0.5, 0.6) is 0 Å². The summed E-state index contributed by atoms with van der Waals surface area (Å²) in [5.74, 6) is 0. The zero-order valence-electron chi connectivity index (χ0n) is 16.8. The minimum Gasteiger partial charge on any atom is -0.417 e. The van der Waals surface area contributed by atoms with Crippen LogP contribution in [0.3, 0.4) is 0 Å². The molecule has 0 saturated carbocycles. The summed E-state index contributed by atoms with van der Waals surface area (Å²) in [6, 6.07) is 2.84. The summed E-state index contributed by atoms with van der Waals surface area (Å²) in [4.78, 5) is 0. The molecule has 2 heteroatoms. The lowest BCUT2D eigenvalue weighted by Crippen LogP contribution is -2.22. The largest absolute Gasteiger partial charge is 0.417 e. The molecule has 0 unspecified atom stereocenters. The van der Waals surface area contributed by atoms with Crippen LogP contribution in [0.2, 0.25) is 12.1 Å². The fourth-order valence-electron chi connectivity index (χ4n) is 3.78. The summed E-state index contributed by atoms with van der Waals surface area (Å²) in [6.45, 7) is 3.36. The molecule has 1 nitrogen and oxygen atoms in total. The van der Waals surface area contributed by atoms with Gasteiger partial charge in [-0.05, 0) is 18.5 Å². The van der Waals surface area contributed by atoms with Crippen LogP contribution in [0.15, 0.2) is 0 Å². The Hall–Kier alpha value is 0.177. The maximum Gasteiger partial charge on any atom is 0.211 e. The van der Waals surface area contributed by atoms with Crippen molar-refractivity contribution in [3.8, 4) is 0 Å². The van der Waals surface area contributed by atoms with Gasteiger partial charge in [-0.25, -0.2) is 0 Å². The first-order valence-corrected chi connectivity index (χ1v) is 13.2. The third kappa shape index (κ3) is 14.5. The Morgan fingerprint density at radius 1 is 0.583 bits per heavy atom. The van der Waals surface area contributed by atoms with E-state index < -0.39 is 0 Å². The number of unbranched alkanes of at least 4 members (excludes halogenated alkanes) is 15. The Kier molecular flexibility index (Phi) is 16.6. The van der Waals surface area contributed by atoms with Crippen molar-refractivity contribution in [1.82, 2.24) is 0 Å². The van der Waals surface area contributed by atoms with Crippen LogP contribution in [-0.4, -0.2) is 15.6 Å². The van der Waals surface area contributed by atoms with Gasteiger partial charge in [0, 0.05) is 6.61 Å². The average molecular weight is 354 g/mol. The van der Waals surface area contributed by atoms with Crippen molar-refractivity contribution in [1.29, 1.82) is 0 Å². The van der Waals surface area contributed by atoms with Gasteiger partial charge in [0.25, 0.3) is 0 Å². The SMILES string of the molecule is CCCCCCCCCCCCCCCCCC[Si]1CCCCO1. The molecule has 0 aliphatic carbocycles. The Morgan fingerprint density at radius 2 is 1.04 bits per heavy atom. The quantitative estimate of drug-likeness (QED) is 0.190. The van der Waals surface area contributed by atoms with E-state index in [1.54, 1.807) is 0 Å². The third-order valence-corrected chi connectivity index (χ3v) is 7.90. The van der Waals surface area contributed by atoms with Crippen LogP contribution >= 0.6 is 0 Å². The fraction of sp³-hybridized carbons (Fsp3) is 1.00. The van der Waals surface area contributed by atoms with Crippen molar-refractivity contribution in [3.05, 3.63) is 0 Å². The van der Waals surface area contributed by atoms with Gasteiger partial charge in [0.2, 0.25) is 9.04 Å². The van der Waals surface area contributed by atoms with Gasteiger partial charge in [-0.15, -0.1) is 0 Å². The second-order valence-corrected chi connectivity index (χ2v) is 10.3. The maximum absolute atomic E-state index is 5.90. The van der Waals surface area contributed by atoms with Crippen LogP contribution in [-0.2, 0) is 4.43 Å². The smallest absolute Gasteiger partial charge is 0.211 e. The van der Waals surface area contributed by atoms with Crippen LogP contribution in [0.1, 0.15) is 122 Å². The highest BCUT2D eigenvalue weighted by atomic mass is 28.3. The van der Waals surface area contributed by atoms with Gasteiger partial charge >= 0.3 is 0 Å². The van der Waals surface area contributed by atoms with Gasteiger partial charge in [0.05, 0.1) is 0 Å². The molecule has 0 N–H and O–H groups in total. The summed E-state index contributed by atoms with van der Waals surface area (Å²) < 4.78 is 5.90. The molecule has 1 radical (unpaired) electrons. The van der Waals surface area contributed by atoms with Crippen molar-refractivity contribution in [3.63, 3.8) is 0 Å². The molecule has 143 valence electrons. The normalized spacial score (nSPS) is 15.9. The van der Waals surface area contributed by atoms with Crippen LogP contribution in [0.4, 0.5) is 0 Å². The van der Waals surface area contributed by atoms with Gasteiger partial charge in [0.1, 0.15) is 0 Å². The molecule has 1 aliphatic rings. The van der Waals surface area contributed by atoms with E-state index in [1.165, 1.54) is 128 Å². The van der Waals surface area contributed by atoms with Gasteiger partial charge in [-0.2, -0.15) is 0 Å². The molecule has 1 saturated heterocycles. The Balaban J connectivity index is 1.66. The summed E-state index contributed by atoms with van der Waals surface area (Å²) in [5, 5.41) is 0. The van der Waals surface area contributed by atoms with E-state index in [0.29, 0.717) is 0 Å². The minimum absolute atomic E-state index is 0.367. The lowest BCUT2D eigenvalue weighted by molar-refractivity contribution is 0.285. The van der Waals surface area contributed by atoms with Crippen molar-refractivity contribution >= 4 is 9.04 Å². The van der Waals surface area contributed by atoms with Crippen molar-refractivity contribution in [2.45, 2.75) is 135 Å². The molecular weight excluding hydrogens is 308 g/mol.